The van der Waals surface area contributed by atoms with Gasteiger partial charge in [-0.3, -0.25) is 9.59 Å². The molecule has 0 heterocycles. The predicted octanol–water partition coefficient (Wildman–Crippen LogP) is -0.287. The van der Waals surface area contributed by atoms with Crippen LogP contribution in [0.1, 0.15) is 13.3 Å². The van der Waals surface area contributed by atoms with Gasteiger partial charge in [-0.1, -0.05) is 6.92 Å². The van der Waals surface area contributed by atoms with Crippen LogP contribution in [0.25, 0.3) is 0 Å². The van der Waals surface area contributed by atoms with E-state index in [-0.39, 0.29) is 30.6 Å². The Morgan fingerprint density at radius 1 is 1.55 bits per heavy atom. The lowest BCUT2D eigenvalue weighted by atomic mass is 10.1. The van der Waals surface area contributed by atoms with E-state index < -0.39 is 0 Å². The molecule has 0 radical (unpaired) electrons. The molecule has 0 rings (SSSR count). The van der Waals surface area contributed by atoms with Crippen molar-refractivity contribution in [3.63, 3.8) is 0 Å². The third-order valence-corrected chi connectivity index (χ3v) is 1.37. The van der Waals surface area contributed by atoms with Crippen molar-refractivity contribution in [2.24, 2.45) is 11.7 Å². The van der Waals surface area contributed by atoms with Crippen LogP contribution in [-0.2, 0) is 14.3 Å². The summed E-state index contributed by atoms with van der Waals surface area (Å²) in [6.07, 6.45) is 0.170. The molecule has 0 saturated carbocycles. The molecule has 0 aliphatic rings. The molecule has 1 unspecified atom stereocenters. The van der Waals surface area contributed by atoms with E-state index in [0.717, 1.165) is 0 Å². The highest BCUT2D eigenvalue weighted by atomic mass is 16.5. The van der Waals surface area contributed by atoms with Crippen LogP contribution in [0.2, 0.25) is 0 Å². The second-order valence-electron chi connectivity index (χ2n) is 2.37. The van der Waals surface area contributed by atoms with Gasteiger partial charge in [-0.2, -0.15) is 0 Å². The van der Waals surface area contributed by atoms with Gasteiger partial charge in [-0.15, -0.1) is 0 Å². The number of carbonyl (C=O) groups is 2. The second-order valence-corrected chi connectivity index (χ2v) is 2.37. The molecule has 0 aromatic carbocycles. The van der Waals surface area contributed by atoms with Gasteiger partial charge in [-0.05, 0) is 0 Å². The van der Waals surface area contributed by atoms with Gasteiger partial charge in [0.2, 0.25) is 0 Å². The molecule has 0 aromatic rings. The summed E-state index contributed by atoms with van der Waals surface area (Å²) in [7, 11) is 1.30. The number of nitrogens with two attached hydrogens (primary N) is 1. The maximum Gasteiger partial charge on any atom is 0.308 e. The smallest absolute Gasteiger partial charge is 0.308 e. The Hall–Kier alpha value is -0.900. The Morgan fingerprint density at radius 2 is 2.09 bits per heavy atom. The quantitative estimate of drug-likeness (QED) is 0.572. The van der Waals surface area contributed by atoms with E-state index in [4.69, 9.17) is 5.73 Å². The van der Waals surface area contributed by atoms with Crippen LogP contribution in [0, 0.1) is 5.92 Å². The third-order valence-electron chi connectivity index (χ3n) is 1.37. The largest absolute Gasteiger partial charge is 0.469 e. The summed E-state index contributed by atoms with van der Waals surface area (Å²) in [4.78, 5) is 21.5. The predicted molar refractivity (Wildman–Crippen MR) is 39.9 cm³/mol. The Kier molecular flexibility index (Phi) is 4.45. The molecule has 0 fully saturated rings. The van der Waals surface area contributed by atoms with E-state index in [1.807, 2.05) is 0 Å². The first-order chi connectivity index (χ1) is 5.11. The number of hydrogen-bond acceptors (Lipinski definition) is 4. The van der Waals surface area contributed by atoms with Gasteiger partial charge >= 0.3 is 5.97 Å². The van der Waals surface area contributed by atoms with Crippen LogP contribution in [0.3, 0.4) is 0 Å². The van der Waals surface area contributed by atoms with E-state index in [9.17, 15) is 9.59 Å². The molecule has 0 saturated heterocycles. The fraction of sp³-hybridized carbons (Fsp3) is 0.714. The molecule has 0 bridgehead atoms. The first-order valence-corrected chi connectivity index (χ1v) is 3.41. The van der Waals surface area contributed by atoms with Crippen molar-refractivity contribution in [2.45, 2.75) is 13.3 Å². The fourth-order valence-electron chi connectivity index (χ4n) is 0.709. The normalized spacial score (nSPS) is 12.3. The number of carbonyl (C=O) groups excluding carboxylic acids is 2. The van der Waals surface area contributed by atoms with Crippen LogP contribution < -0.4 is 5.73 Å². The van der Waals surface area contributed by atoms with E-state index in [1.165, 1.54) is 7.11 Å². The highest BCUT2D eigenvalue weighted by Gasteiger charge is 2.15. The highest BCUT2D eigenvalue weighted by Crippen LogP contribution is 2.03. The summed E-state index contributed by atoms with van der Waals surface area (Å²) in [5, 5.41) is 0. The van der Waals surface area contributed by atoms with Gasteiger partial charge in [0.15, 0.2) is 0 Å². The first-order valence-electron chi connectivity index (χ1n) is 3.41. The zero-order valence-electron chi connectivity index (χ0n) is 6.79. The van der Waals surface area contributed by atoms with Crippen molar-refractivity contribution in [2.75, 3.05) is 13.7 Å². The lowest BCUT2D eigenvalue weighted by Gasteiger charge is -2.05. The van der Waals surface area contributed by atoms with Crippen molar-refractivity contribution >= 4 is 11.8 Å². The lowest BCUT2D eigenvalue weighted by molar-refractivity contribution is -0.146. The van der Waals surface area contributed by atoms with Crippen LogP contribution >= 0.6 is 0 Å². The zero-order valence-corrected chi connectivity index (χ0v) is 6.79. The van der Waals surface area contributed by atoms with Crippen molar-refractivity contribution < 1.29 is 14.3 Å². The summed E-state index contributed by atoms with van der Waals surface area (Å²) >= 11 is 0. The Morgan fingerprint density at radius 3 is 2.45 bits per heavy atom. The summed E-state index contributed by atoms with van der Waals surface area (Å²) < 4.78 is 4.43. The van der Waals surface area contributed by atoms with E-state index >= 15 is 0 Å². The van der Waals surface area contributed by atoms with Gasteiger partial charge in [0, 0.05) is 6.42 Å². The molecular formula is C7H13NO3. The van der Waals surface area contributed by atoms with Gasteiger partial charge in [0.1, 0.15) is 5.78 Å². The number of ketones is 1. The number of ether oxygens (including phenoxy) is 1. The Bertz CT molecular complexity index is 156. The average molecular weight is 159 g/mol. The number of hydrogen-bond donors (Lipinski definition) is 1. The number of methoxy groups -OCH3 is 1. The van der Waals surface area contributed by atoms with Crippen molar-refractivity contribution in [1.29, 1.82) is 0 Å². The molecular weight excluding hydrogens is 146 g/mol. The number of rotatable bonds is 4. The van der Waals surface area contributed by atoms with E-state index in [1.54, 1.807) is 6.92 Å². The first kappa shape index (κ1) is 10.1. The molecule has 0 spiro atoms. The summed E-state index contributed by atoms with van der Waals surface area (Å²) in [5.41, 5.74) is 5.06. The van der Waals surface area contributed by atoms with E-state index in [0.29, 0.717) is 0 Å². The highest BCUT2D eigenvalue weighted by molar-refractivity contribution is 5.85. The fourth-order valence-corrected chi connectivity index (χ4v) is 0.709. The minimum absolute atomic E-state index is 0.0126. The van der Waals surface area contributed by atoms with Crippen LogP contribution in [-0.4, -0.2) is 25.4 Å². The zero-order chi connectivity index (χ0) is 8.85. The molecule has 4 heteroatoms. The second kappa shape index (κ2) is 4.85. The monoisotopic (exact) mass is 159 g/mol. The SMILES string of the molecule is COC(=O)C(C)CC(=O)CN. The molecule has 0 amide bonds. The van der Waals surface area contributed by atoms with Crippen molar-refractivity contribution in [3.8, 4) is 0 Å². The van der Waals surface area contributed by atoms with E-state index in [2.05, 4.69) is 4.74 Å². The van der Waals surface area contributed by atoms with Gasteiger partial charge in [0.05, 0.1) is 19.6 Å². The van der Waals surface area contributed by atoms with Crippen LogP contribution in [0.5, 0.6) is 0 Å². The Balaban J connectivity index is 3.77. The number of esters is 1. The minimum atomic E-state index is -0.379. The molecule has 0 aliphatic carbocycles. The third kappa shape index (κ3) is 3.72. The van der Waals surface area contributed by atoms with Gasteiger partial charge < -0.3 is 10.5 Å². The standard InChI is InChI=1S/C7H13NO3/c1-5(7(10)11-2)3-6(9)4-8/h5H,3-4,8H2,1-2H3. The molecule has 11 heavy (non-hydrogen) atoms. The summed E-state index contributed by atoms with van der Waals surface area (Å²) in [6, 6.07) is 0. The number of Topliss-reactive ketones (excluding diaryl/α,β-unsaturated/α-hetero) is 1. The topological polar surface area (TPSA) is 69.4 Å². The average Bonchev–Trinajstić information content (AvgIpc) is 2.02. The Labute approximate surface area is 65.7 Å². The molecule has 64 valence electrons. The van der Waals surface area contributed by atoms with Gasteiger partial charge in [0.25, 0.3) is 0 Å². The molecule has 0 aromatic heterocycles. The minimum Gasteiger partial charge on any atom is -0.469 e. The van der Waals surface area contributed by atoms with Crippen molar-refractivity contribution in [3.05, 3.63) is 0 Å². The maximum absolute atomic E-state index is 10.7. The maximum atomic E-state index is 10.7. The lowest BCUT2D eigenvalue weighted by Crippen LogP contribution is -2.21. The summed E-state index contributed by atoms with van der Waals surface area (Å²) in [5.74, 6) is -0.870. The van der Waals surface area contributed by atoms with Gasteiger partial charge in [-0.25, -0.2) is 0 Å². The summed E-state index contributed by atoms with van der Waals surface area (Å²) in [6.45, 7) is 1.63. The van der Waals surface area contributed by atoms with Crippen molar-refractivity contribution in [1.82, 2.24) is 0 Å². The van der Waals surface area contributed by atoms with Crippen LogP contribution in [0.15, 0.2) is 0 Å². The molecule has 4 nitrogen and oxygen atoms in total. The molecule has 1 atom stereocenters. The van der Waals surface area contributed by atoms with Crippen LogP contribution in [0.4, 0.5) is 0 Å². The molecule has 0 aliphatic heterocycles. The molecule has 2 N–H and O–H groups in total.